The molecular weight excluding hydrogens is 312 g/mol. The van der Waals surface area contributed by atoms with Gasteiger partial charge in [0.25, 0.3) is 0 Å². The van der Waals surface area contributed by atoms with Gasteiger partial charge in [-0.3, -0.25) is 9.59 Å². The van der Waals surface area contributed by atoms with Gasteiger partial charge in [0, 0.05) is 17.6 Å². The van der Waals surface area contributed by atoms with E-state index in [1.54, 1.807) is 6.08 Å². The van der Waals surface area contributed by atoms with E-state index in [9.17, 15) is 9.59 Å². The van der Waals surface area contributed by atoms with Gasteiger partial charge in [0.2, 0.25) is 11.8 Å². The molecule has 2 N–H and O–H groups in total. The van der Waals surface area contributed by atoms with Gasteiger partial charge in [0.05, 0.1) is 11.8 Å². The van der Waals surface area contributed by atoms with Gasteiger partial charge in [-0.15, -0.1) is 6.58 Å². The number of carbonyl (C=O) groups excluding carboxylic acids is 2. The molecule has 4 nitrogen and oxygen atoms in total. The molecule has 2 aromatic carbocycles. The van der Waals surface area contributed by atoms with E-state index >= 15 is 0 Å². The minimum Gasteiger partial charge on any atom is -0.352 e. The highest BCUT2D eigenvalue weighted by Gasteiger charge is 2.33. The molecule has 2 atom stereocenters. The van der Waals surface area contributed by atoms with Gasteiger partial charge >= 0.3 is 0 Å². The SMILES string of the molecule is C=CCNC(=O)[C@H]1CC=CC[C@H]1C(=O)Nc1cccc2ccccc12. The number of nitrogens with one attached hydrogen (secondary N) is 2. The predicted octanol–water partition coefficient (Wildman–Crippen LogP) is 3.66. The number of carbonyl (C=O) groups is 2. The Hall–Kier alpha value is -2.88. The molecule has 3 rings (SSSR count). The molecule has 0 spiro atoms. The largest absolute Gasteiger partial charge is 0.352 e. The summed E-state index contributed by atoms with van der Waals surface area (Å²) in [6.07, 6.45) is 6.74. The molecule has 0 bridgehead atoms. The van der Waals surface area contributed by atoms with Crippen LogP contribution in [0.3, 0.4) is 0 Å². The summed E-state index contributed by atoms with van der Waals surface area (Å²) in [6.45, 7) is 4.02. The molecule has 0 unspecified atom stereocenters. The molecule has 0 heterocycles. The Bertz CT molecular complexity index is 820. The average molecular weight is 334 g/mol. The van der Waals surface area contributed by atoms with Crippen molar-refractivity contribution < 1.29 is 9.59 Å². The molecule has 4 heteroatoms. The smallest absolute Gasteiger partial charge is 0.228 e. The molecule has 0 aliphatic heterocycles. The number of anilines is 1. The number of hydrogen-bond donors (Lipinski definition) is 2. The van der Waals surface area contributed by atoms with Crippen molar-refractivity contribution in [1.29, 1.82) is 0 Å². The van der Waals surface area contributed by atoms with E-state index in [4.69, 9.17) is 0 Å². The van der Waals surface area contributed by atoms with Gasteiger partial charge < -0.3 is 10.6 Å². The van der Waals surface area contributed by atoms with E-state index in [0.717, 1.165) is 16.5 Å². The first-order chi connectivity index (χ1) is 12.2. The quantitative estimate of drug-likeness (QED) is 0.820. The highest BCUT2D eigenvalue weighted by atomic mass is 16.2. The van der Waals surface area contributed by atoms with Crippen LogP contribution >= 0.6 is 0 Å². The maximum atomic E-state index is 12.9. The van der Waals surface area contributed by atoms with Crippen molar-refractivity contribution in [3.05, 3.63) is 67.3 Å². The second kappa shape index (κ2) is 7.79. The summed E-state index contributed by atoms with van der Waals surface area (Å²) in [4.78, 5) is 25.2. The summed E-state index contributed by atoms with van der Waals surface area (Å²) in [7, 11) is 0. The molecule has 0 fully saturated rings. The first kappa shape index (κ1) is 17.0. The fourth-order valence-corrected chi connectivity index (χ4v) is 3.26. The van der Waals surface area contributed by atoms with Gasteiger partial charge in [-0.25, -0.2) is 0 Å². The molecule has 1 aliphatic rings. The minimum absolute atomic E-state index is 0.0951. The van der Waals surface area contributed by atoms with Gasteiger partial charge in [-0.05, 0) is 24.3 Å². The molecule has 0 radical (unpaired) electrons. The van der Waals surface area contributed by atoms with Crippen LogP contribution in [0.15, 0.2) is 67.3 Å². The van der Waals surface area contributed by atoms with Crippen LogP contribution in [-0.2, 0) is 9.59 Å². The third-order valence-corrected chi connectivity index (χ3v) is 4.57. The number of allylic oxidation sites excluding steroid dienone is 2. The first-order valence-electron chi connectivity index (χ1n) is 8.53. The zero-order valence-corrected chi connectivity index (χ0v) is 14.1. The van der Waals surface area contributed by atoms with E-state index in [-0.39, 0.29) is 23.7 Å². The summed E-state index contributed by atoms with van der Waals surface area (Å²) < 4.78 is 0. The molecule has 0 saturated heterocycles. The van der Waals surface area contributed by atoms with Gasteiger partial charge in [-0.2, -0.15) is 0 Å². The Labute approximate surface area is 147 Å². The van der Waals surface area contributed by atoms with Crippen LogP contribution in [0.5, 0.6) is 0 Å². The van der Waals surface area contributed by atoms with E-state index in [2.05, 4.69) is 17.2 Å². The van der Waals surface area contributed by atoms with Crippen molar-refractivity contribution in [3.8, 4) is 0 Å². The lowest BCUT2D eigenvalue weighted by Crippen LogP contribution is -2.40. The Balaban J connectivity index is 1.79. The molecule has 128 valence electrons. The van der Waals surface area contributed by atoms with Crippen LogP contribution in [0.25, 0.3) is 10.8 Å². The molecule has 0 saturated carbocycles. The van der Waals surface area contributed by atoms with Crippen LogP contribution in [0.4, 0.5) is 5.69 Å². The third-order valence-electron chi connectivity index (χ3n) is 4.57. The Morgan fingerprint density at radius 3 is 2.44 bits per heavy atom. The van der Waals surface area contributed by atoms with Crippen molar-refractivity contribution >= 4 is 28.3 Å². The van der Waals surface area contributed by atoms with Gasteiger partial charge in [0.1, 0.15) is 0 Å². The number of fused-ring (bicyclic) bond motifs is 1. The van der Waals surface area contributed by atoms with Crippen molar-refractivity contribution in [3.63, 3.8) is 0 Å². The minimum atomic E-state index is -0.367. The van der Waals surface area contributed by atoms with Crippen molar-refractivity contribution in [2.45, 2.75) is 12.8 Å². The zero-order valence-electron chi connectivity index (χ0n) is 14.1. The Kier molecular flexibility index (Phi) is 5.29. The lowest BCUT2D eigenvalue weighted by atomic mass is 9.81. The van der Waals surface area contributed by atoms with Gasteiger partial charge in [0.15, 0.2) is 0 Å². The summed E-state index contributed by atoms with van der Waals surface area (Å²) in [5.41, 5.74) is 0.780. The Morgan fingerprint density at radius 2 is 1.68 bits per heavy atom. The monoisotopic (exact) mass is 334 g/mol. The summed E-state index contributed by atoms with van der Waals surface area (Å²) in [5.74, 6) is -0.921. The molecule has 2 amide bonds. The first-order valence-corrected chi connectivity index (χ1v) is 8.53. The van der Waals surface area contributed by atoms with E-state index in [1.165, 1.54) is 0 Å². The van der Waals surface area contributed by atoms with Crippen molar-refractivity contribution in [2.75, 3.05) is 11.9 Å². The standard InChI is InChI=1S/C21H22N2O2/c1-2-14-22-20(24)17-11-5-6-12-18(17)21(25)23-19-13-7-9-15-8-3-4-10-16(15)19/h2-10,13,17-18H,1,11-12,14H2,(H,22,24)(H,23,25)/t17-,18+/m0/s1. The van der Waals surface area contributed by atoms with Crippen LogP contribution in [0.2, 0.25) is 0 Å². The highest BCUT2D eigenvalue weighted by Crippen LogP contribution is 2.29. The number of rotatable bonds is 5. The summed E-state index contributed by atoms with van der Waals surface area (Å²) in [6, 6.07) is 13.8. The number of benzene rings is 2. The maximum absolute atomic E-state index is 12.9. The summed E-state index contributed by atoms with van der Waals surface area (Å²) in [5, 5.41) is 7.90. The third kappa shape index (κ3) is 3.79. The van der Waals surface area contributed by atoms with Crippen LogP contribution in [0.1, 0.15) is 12.8 Å². The second-order valence-electron chi connectivity index (χ2n) is 6.21. The lowest BCUT2D eigenvalue weighted by Gasteiger charge is -2.26. The van der Waals surface area contributed by atoms with Crippen LogP contribution < -0.4 is 10.6 Å². The molecule has 2 aromatic rings. The summed E-state index contributed by atoms with van der Waals surface area (Å²) >= 11 is 0. The van der Waals surface area contributed by atoms with Crippen LogP contribution in [0, 0.1) is 11.8 Å². The molecule has 25 heavy (non-hydrogen) atoms. The Morgan fingerprint density at radius 1 is 1.00 bits per heavy atom. The van der Waals surface area contributed by atoms with Gasteiger partial charge in [-0.1, -0.05) is 54.6 Å². The lowest BCUT2D eigenvalue weighted by molar-refractivity contribution is -0.132. The second-order valence-corrected chi connectivity index (χ2v) is 6.21. The molecular formula is C21H22N2O2. The topological polar surface area (TPSA) is 58.2 Å². The maximum Gasteiger partial charge on any atom is 0.228 e. The highest BCUT2D eigenvalue weighted by molar-refractivity contribution is 6.04. The molecule has 0 aromatic heterocycles. The van der Waals surface area contributed by atoms with E-state index in [0.29, 0.717) is 19.4 Å². The van der Waals surface area contributed by atoms with Crippen molar-refractivity contribution in [1.82, 2.24) is 5.32 Å². The molecule has 1 aliphatic carbocycles. The average Bonchev–Trinajstić information content (AvgIpc) is 2.66. The van der Waals surface area contributed by atoms with Crippen molar-refractivity contribution in [2.24, 2.45) is 11.8 Å². The van der Waals surface area contributed by atoms with Crippen LogP contribution in [-0.4, -0.2) is 18.4 Å². The number of hydrogen-bond acceptors (Lipinski definition) is 2. The van der Waals surface area contributed by atoms with E-state index < -0.39 is 0 Å². The number of amides is 2. The predicted molar refractivity (Wildman–Crippen MR) is 101 cm³/mol. The fraction of sp³-hybridized carbons (Fsp3) is 0.238. The zero-order chi connectivity index (χ0) is 17.6. The van der Waals surface area contributed by atoms with E-state index in [1.807, 2.05) is 54.6 Å². The fourth-order valence-electron chi connectivity index (χ4n) is 3.26. The normalized spacial score (nSPS) is 19.4.